The van der Waals surface area contributed by atoms with Crippen molar-refractivity contribution in [2.24, 2.45) is 0 Å². The predicted molar refractivity (Wildman–Crippen MR) is 91.0 cm³/mol. The summed E-state index contributed by atoms with van der Waals surface area (Å²) in [6.45, 7) is 9.16. The molecule has 1 aliphatic heterocycles. The Labute approximate surface area is 128 Å². The second kappa shape index (κ2) is 5.44. The molecule has 110 valence electrons. The van der Waals surface area contributed by atoms with Gasteiger partial charge in [-0.2, -0.15) is 0 Å². The normalized spacial score (nSPS) is 25.4. The van der Waals surface area contributed by atoms with E-state index in [1.807, 2.05) is 0 Å². The van der Waals surface area contributed by atoms with Crippen LogP contribution in [-0.4, -0.2) is 18.2 Å². The van der Waals surface area contributed by atoms with E-state index in [-0.39, 0.29) is 0 Å². The van der Waals surface area contributed by atoms with Gasteiger partial charge in [-0.3, -0.25) is 0 Å². The van der Waals surface area contributed by atoms with Gasteiger partial charge in [0.25, 0.3) is 0 Å². The Morgan fingerprint density at radius 1 is 0.714 bits per heavy atom. The summed E-state index contributed by atoms with van der Waals surface area (Å²) < 4.78 is 0. The van der Waals surface area contributed by atoms with E-state index in [1.165, 1.54) is 16.9 Å². The fourth-order valence-electron chi connectivity index (χ4n) is 3.60. The zero-order valence-electron chi connectivity index (χ0n) is 13.3. The van der Waals surface area contributed by atoms with Gasteiger partial charge in [0, 0.05) is 23.5 Å². The summed E-state index contributed by atoms with van der Waals surface area (Å²) in [6.07, 6.45) is 0.360. The molecule has 1 heterocycles. The number of para-hydroxylation sites is 2. The van der Waals surface area contributed by atoms with Gasteiger partial charge >= 0.3 is 0 Å². The molecule has 2 aromatic carbocycles. The van der Waals surface area contributed by atoms with Crippen molar-refractivity contribution in [3.63, 3.8) is 0 Å². The average molecular weight is 280 g/mol. The van der Waals surface area contributed by atoms with Gasteiger partial charge in [0.2, 0.25) is 0 Å². The number of rotatable bonds is 2. The van der Waals surface area contributed by atoms with Gasteiger partial charge in [-0.25, -0.2) is 0 Å². The van der Waals surface area contributed by atoms with E-state index in [0.717, 1.165) is 0 Å². The Morgan fingerprint density at radius 3 is 1.95 bits per heavy atom. The van der Waals surface area contributed by atoms with Crippen LogP contribution < -0.4 is 9.80 Å². The Kier molecular flexibility index (Phi) is 3.62. The molecular formula is C19H24N2. The van der Waals surface area contributed by atoms with E-state index < -0.39 is 0 Å². The molecule has 0 saturated carbocycles. The number of aryl methyl sites for hydroxylation is 1. The Morgan fingerprint density at radius 2 is 1.29 bits per heavy atom. The van der Waals surface area contributed by atoms with Crippen molar-refractivity contribution in [2.75, 3.05) is 9.80 Å². The molecule has 0 amide bonds. The van der Waals surface area contributed by atoms with Gasteiger partial charge in [-0.15, -0.1) is 0 Å². The SMILES string of the molecule is Cc1ccccc1N1C(C)N(c2ccccc2)C(C)[C@@H]1C. The number of hydrogen-bond donors (Lipinski definition) is 0. The largest absolute Gasteiger partial charge is 0.347 e. The highest BCUT2D eigenvalue weighted by Gasteiger charge is 2.40. The first-order valence-electron chi connectivity index (χ1n) is 7.78. The lowest BCUT2D eigenvalue weighted by molar-refractivity contribution is 0.645. The van der Waals surface area contributed by atoms with E-state index in [9.17, 15) is 0 Å². The lowest BCUT2D eigenvalue weighted by atomic mass is 10.1. The van der Waals surface area contributed by atoms with Crippen molar-refractivity contribution in [1.29, 1.82) is 0 Å². The third kappa shape index (κ3) is 2.29. The Hall–Kier alpha value is -1.96. The van der Waals surface area contributed by atoms with Crippen LogP contribution in [-0.2, 0) is 0 Å². The van der Waals surface area contributed by atoms with Crippen LogP contribution in [0.5, 0.6) is 0 Å². The van der Waals surface area contributed by atoms with Crippen LogP contribution in [0, 0.1) is 6.92 Å². The van der Waals surface area contributed by atoms with Gasteiger partial charge in [-0.1, -0.05) is 36.4 Å². The fraction of sp³-hybridized carbons (Fsp3) is 0.368. The summed E-state index contributed by atoms with van der Waals surface area (Å²) in [7, 11) is 0. The third-order valence-corrected chi connectivity index (χ3v) is 4.83. The van der Waals surface area contributed by atoms with Crippen LogP contribution in [0.25, 0.3) is 0 Å². The van der Waals surface area contributed by atoms with Crippen molar-refractivity contribution in [3.05, 3.63) is 60.2 Å². The first-order valence-corrected chi connectivity index (χ1v) is 7.78. The zero-order valence-corrected chi connectivity index (χ0v) is 13.3. The van der Waals surface area contributed by atoms with Crippen molar-refractivity contribution in [3.8, 4) is 0 Å². The van der Waals surface area contributed by atoms with Crippen LogP contribution in [0.2, 0.25) is 0 Å². The molecule has 0 aliphatic carbocycles. The van der Waals surface area contributed by atoms with Crippen molar-refractivity contribution in [2.45, 2.75) is 45.9 Å². The maximum Gasteiger partial charge on any atom is 0.0994 e. The molecule has 0 spiro atoms. The topological polar surface area (TPSA) is 6.48 Å². The van der Waals surface area contributed by atoms with Gasteiger partial charge in [0.15, 0.2) is 0 Å². The summed E-state index contributed by atoms with van der Waals surface area (Å²) in [5.41, 5.74) is 4.00. The molecule has 2 nitrogen and oxygen atoms in total. The van der Waals surface area contributed by atoms with Crippen LogP contribution in [0.4, 0.5) is 11.4 Å². The lowest BCUT2D eigenvalue weighted by Gasteiger charge is -2.32. The molecule has 0 bridgehead atoms. The van der Waals surface area contributed by atoms with Crippen LogP contribution in [0.1, 0.15) is 26.3 Å². The number of anilines is 2. The molecular weight excluding hydrogens is 256 g/mol. The molecule has 3 atom stereocenters. The molecule has 2 unspecified atom stereocenters. The standard InChI is InChI=1S/C19H24N2/c1-14-10-8-9-13-19(14)21-16(3)15(2)20(17(21)4)18-11-6-5-7-12-18/h5-13,15-17H,1-4H3/t15?,16-,17?/m0/s1. The smallest absolute Gasteiger partial charge is 0.0994 e. The fourth-order valence-corrected chi connectivity index (χ4v) is 3.60. The molecule has 1 aliphatic rings. The highest BCUT2D eigenvalue weighted by Crippen LogP contribution is 2.36. The zero-order chi connectivity index (χ0) is 15.0. The number of hydrogen-bond acceptors (Lipinski definition) is 2. The maximum absolute atomic E-state index is 2.55. The first-order chi connectivity index (χ1) is 10.1. The highest BCUT2D eigenvalue weighted by molar-refractivity contribution is 5.61. The van der Waals surface area contributed by atoms with Gasteiger partial charge in [0.1, 0.15) is 0 Å². The summed E-state index contributed by atoms with van der Waals surface area (Å²) in [5.74, 6) is 0. The van der Waals surface area contributed by atoms with Crippen molar-refractivity contribution >= 4 is 11.4 Å². The Bertz CT molecular complexity index is 608. The first kappa shape index (κ1) is 14.0. The number of nitrogens with zero attached hydrogens (tertiary/aromatic N) is 2. The quantitative estimate of drug-likeness (QED) is 0.802. The maximum atomic E-state index is 2.55. The molecule has 1 saturated heterocycles. The van der Waals surface area contributed by atoms with Crippen LogP contribution >= 0.6 is 0 Å². The summed E-state index contributed by atoms with van der Waals surface area (Å²) in [5, 5.41) is 0. The van der Waals surface area contributed by atoms with Crippen molar-refractivity contribution in [1.82, 2.24) is 0 Å². The lowest BCUT2D eigenvalue weighted by Crippen LogP contribution is -2.38. The second-order valence-electron chi connectivity index (χ2n) is 6.05. The second-order valence-corrected chi connectivity index (χ2v) is 6.05. The van der Waals surface area contributed by atoms with E-state index >= 15 is 0 Å². The van der Waals surface area contributed by atoms with E-state index in [1.54, 1.807) is 0 Å². The van der Waals surface area contributed by atoms with Crippen LogP contribution in [0.3, 0.4) is 0 Å². The molecule has 0 radical (unpaired) electrons. The van der Waals surface area contributed by atoms with Crippen LogP contribution in [0.15, 0.2) is 54.6 Å². The summed E-state index contributed by atoms with van der Waals surface area (Å²) in [6, 6.07) is 20.4. The minimum atomic E-state index is 0.360. The number of benzene rings is 2. The summed E-state index contributed by atoms with van der Waals surface area (Å²) in [4.78, 5) is 5.07. The van der Waals surface area contributed by atoms with Crippen molar-refractivity contribution < 1.29 is 0 Å². The molecule has 2 aromatic rings. The van der Waals surface area contributed by atoms with E-state index in [0.29, 0.717) is 18.2 Å². The minimum absolute atomic E-state index is 0.360. The molecule has 1 fully saturated rings. The molecule has 2 heteroatoms. The molecule has 0 N–H and O–H groups in total. The van der Waals surface area contributed by atoms with E-state index in [2.05, 4.69) is 92.1 Å². The van der Waals surface area contributed by atoms with E-state index in [4.69, 9.17) is 0 Å². The third-order valence-electron chi connectivity index (χ3n) is 4.83. The van der Waals surface area contributed by atoms with Gasteiger partial charge in [0.05, 0.1) is 6.17 Å². The minimum Gasteiger partial charge on any atom is -0.347 e. The molecule has 21 heavy (non-hydrogen) atoms. The predicted octanol–water partition coefficient (Wildman–Crippen LogP) is 4.44. The van der Waals surface area contributed by atoms with Gasteiger partial charge in [-0.05, 0) is 51.5 Å². The molecule has 3 rings (SSSR count). The average Bonchev–Trinajstić information content (AvgIpc) is 2.71. The molecule has 0 aromatic heterocycles. The summed E-state index contributed by atoms with van der Waals surface area (Å²) >= 11 is 0. The monoisotopic (exact) mass is 280 g/mol. The Balaban J connectivity index is 2.00. The van der Waals surface area contributed by atoms with Gasteiger partial charge < -0.3 is 9.80 Å². The highest BCUT2D eigenvalue weighted by atomic mass is 15.4.